The van der Waals surface area contributed by atoms with Gasteiger partial charge in [0, 0.05) is 29.8 Å². The smallest absolute Gasteiger partial charge is 0.337 e. The highest BCUT2D eigenvalue weighted by Gasteiger charge is 2.41. The number of carbonyl (C=O) groups is 1. The summed E-state index contributed by atoms with van der Waals surface area (Å²) in [5.41, 5.74) is 7.07. The molecule has 6 nitrogen and oxygen atoms in total. The summed E-state index contributed by atoms with van der Waals surface area (Å²) < 4.78 is 7.07. The van der Waals surface area contributed by atoms with Gasteiger partial charge >= 0.3 is 5.97 Å². The number of pyridine rings is 1. The van der Waals surface area contributed by atoms with Gasteiger partial charge in [-0.3, -0.25) is 4.98 Å². The first-order valence-corrected chi connectivity index (χ1v) is 12.3. The van der Waals surface area contributed by atoms with Crippen LogP contribution in [0.25, 0.3) is 5.69 Å². The molecule has 182 valence electrons. The fourth-order valence-corrected chi connectivity index (χ4v) is 5.35. The number of hydrogen-bond donors (Lipinski definition) is 1. The molecule has 1 saturated heterocycles. The van der Waals surface area contributed by atoms with E-state index in [2.05, 4.69) is 63.9 Å². The van der Waals surface area contributed by atoms with Crippen LogP contribution in [0.3, 0.4) is 0 Å². The Balaban J connectivity index is 1.58. The Hall–Kier alpha value is -3.97. The number of benzene rings is 2. The van der Waals surface area contributed by atoms with E-state index in [0.29, 0.717) is 17.2 Å². The highest BCUT2D eigenvalue weighted by atomic mass is 32.1. The van der Waals surface area contributed by atoms with E-state index in [1.54, 1.807) is 12.1 Å². The highest BCUT2D eigenvalue weighted by molar-refractivity contribution is 7.80. The molecule has 2 aromatic heterocycles. The number of nitrogens with zero attached hydrogens (tertiary/aromatic N) is 3. The summed E-state index contributed by atoms with van der Waals surface area (Å²) >= 11 is 5.86. The van der Waals surface area contributed by atoms with Gasteiger partial charge in [-0.2, -0.15) is 0 Å². The number of ether oxygens (including phenoxy) is 1. The van der Waals surface area contributed by atoms with Crippen molar-refractivity contribution in [3.8, 4) is 5.69 Å². The van der Waals surface area contributed by atoms with Crippen molar-refractivity contribution in [2.45, 2.75) is 32.5 Å². The van der Waals surface area contributed by atoms with Gasteiger partial charge in [0.15, 0.2) is 5.11 Å². The van der Waals surface area contributed by atoms with Gasteiger partial charge < -0.3 is 19.5 Å². The lowest BCUT2D eigenvalue weighted by molar-refractivity contribution is 0.0600. The van der Waals surface area contributed by atoms with Crippen molar-refractivity contribution in [3.63, 3.8) is 0 Å². The number of hydrogen-bond acceptors (Lipinski definition) is 4. The average molecular weight is 497 g/mol. The quantitative estimate of drug-likeness (QED) is 0.283. The van der Waals surface area contributed by atoms with E-state index < -0.39 is 0 Å². The van der Waals surface area contributed by atoms with E-state index in [1.807, 2.05) is 42.6 Å². The molecular weight excluding hydrogens is 468 g/mol. The van der Waals surface area contributed by atoms with Crippen LogP contribution in [-0.4, -0.2) is 32.6 Å². The van der Waals surface area contributed by atoms with Crippen molar-refractivity contribution in [3.05, 3.63) is 119 Å². The zero-order chi connectivity index (χ0) is 25.2. The standard InChI is InChI=1S/C29H28N4O2S/c1-19-17-24(20(2)33(19)23-14-12-22(13-15-23)28(34)35-3)27-26(25-11-7-8-16-30-25)31-29(36)32(27)18-21-9-5-4-6-10-21/h4-17,26-27H,18H2,1-3H3,(H,31,36)/t26-,27+/m1/s1. The lowest BCUT2D eigenvalue weighted by Crippen LogP contribution is -2.29. The number of carbonyl (C=O) groups excluding carboxylic acids is 1. The number of thiocarbonyl (C=S) groups is 1. The zero-order valence-electron chi connectivity index (χ0n) is 20.5. The third kappa shape index (κ3) is 4.38. The molecule has 0 bridgehead atoms. The number of rotatable bonds is 6. The summed E-state index contributed by atoms with van der Waals surface area (Å²) in [4.78, 5) is 18.8. The Morgan fingerprint density at radius 1 is 1.03 bits per heavy atom. The van der Waals surface area contributed by atoms with E-state index in [1.165, 1.54) is 18.2 Å². The molecule has 0 aliphatic carbocycles. The predicted molar refractivity (Wildman–Crippen MR) is 144 cm³/mol. The van der Waals surface area contributed by atoms with Crippen molar-refractivity contribution in [1.82, 2.24) is 19.8 Å². The molecule has 1 aliphatic rings. The van der Waals surface area contributed by atoms with Gasteiger partial charge in [-0.05, 0) is 79.7 Å². The second-order valence-electron chi connectivity index (χ2n) is 8.94. The van der Waals surface area contributed by atoms with E-state index in [9.17, 15) is 4.79 Å². The van der Waals surface area contributed by atoms with Crippen molar-refractivity contribution < 1.29 is 9.53 Å². The Bertz CT molecular complexity index is 1380. The monoisotopic (exact) mass is 496 g/mol. The van der Waals surface area contributed by atoms with Crippen LogP contribution in [0.5, 0.6) is 0 Å². The number of methoxy groups -OCH3 is 1. The first kappa shape index (κ1) is 23.8. The minimum absolute atomic E-state index is 0.0399. The SMILES string of the molecule is COC(=O)c1ccc(-n2c(C)cc([C@H]3[C@@H](c4ccccn4)NC(=S)N3Cc3ccccc3)c2C)cc1. The zero-order valence-corrected chi connectivity index (χ0v) is 21.3. The predicted octanol–water partition coefficient (Wildman–Crippen LogP) is 5.45. The Labute approximate surface area is 216 Å². The summed E-state index contributed by atoms with van der Waals surface area (Å²) in [7, 11) is 1.39. The minimum atomic E-state index is -0.344. The van der Waals surface area contributed by atoms with Crippen molar-refractivity contribution in [1.29, 1.82) is 0 Å². The molecule has 0 saturated carbocycles. The fraction of sp³-hybridized carbons (Fsp3) is 0.207. The van der Waals surface area contributed by atoms with Crippen molar-refractivity contribution in [2.75, 3.05) is 7.11 Å². The van der Waals surface area contributed by atoms with Gasteiger partial charge in [0.1, 0.15) is 0 Å². The Morgan fingerprint density at radius 3 is 2.42 bits per heavy atom. The van der Waals surface area contributed by atoms with Crippen molar-refractivity contribution >= 4 is 23.3 Å². The Kier molecular flexibility index (Phi) is 6.57. The molecule has 36 heavy (non-hydrogen) atoms. The molecular formula is C29H28N4O2S. The van der Waals surface area contributed by atoms with Crippen LogP contribution in [0.1, 0.15) is 50.7 Å². The molecule has 1 aliphatic heterocycles. The summed E-state index contributed by atoms with van der Waals surface area (Å²) in [6.45, 7) is 4.93. The summed E-state index contributed by atoms with van der Waals surface area (Å²) in [6.07, 6.45) is 1.82. The number of aromatic nitrogens is 2. The van der Waals surface area contributed by atoms with E-state index in [-0.39, 0.29) is 18.1 Å². The van der Waals surface area contributed by atoms with E-state index in [4.69, 9.17) is 17.0 Å². The molecule has 7 heteroatoms. The molecule has 0 unspecified atom stereocenters. The first-order valence-electron chi connectivity index (χ1n) is 11.9. The second-order valence-corrected chi connectivity index (χ2v) is 9.33. The third-order valence-corrected chi connectivity index (χ3v) is 7.08. The molecule has 5 rings (SSSR count). The maximum absolute atomic E-state index is 11.9. The normalized spacial score (nSPS) is 17.2. The second kappa shape index (κ2) is 9.95. The van der Waals surface area contributed by atoms with Crippen molar-refractivity contribution in [2.24, 2.45) is 0 Å². The van der Waals surface area contributed by atoms with Gasteiger partial charge in [0.25, 0.3) is 0 Å². The summed E-state index contributed by atoms with van der Waals surface area (Å²) in [6, 6.07) is 26.0. The van der Waals surface area contributed by atoms with Crippen LogP contribution in [0.4, 0.5) is 0 Å². The van der Waals surface area contributed by atoms with Crippen LogP contribution in [0, 0.1) is 13.8 Å². The molecule has 4 aromatic rings. The van der Waals surface area contributed by atoms with Crippen LogP contribution >= 0.6 is 12.2 Å². The lowest BCUT2D eigenvalue weighted by Gasteiger charge is -2.28. The highest BCUT2D eigenvalue weighted by Crippen LogP contribution is 2.42. The number of nitrogens with one attached hydrogen (secondary N) is 1. The molecule has 3 heterocycles. The molecule has 0 amide bonds. The van der Waals surface area contributed by atoms with Gasteiger partial charge in [0.05, 0.1) is 30.5 Å². The molecule has 1 fully saturated rings. The van der Waals surface area contributed by atoms with E-state index in [0.717, 1.165) is 22.8 Å². The first-order chi connectivity index (χ1) is 17.5. The maximum atomic E-state index is 11.9. The molecule has 2 aromatic carbocycles. The maximum Gasteiger partial charge on any atom is 0.337 e. The summed E-state index contributed by atoms with van der Waals surface area (Å²) in [5.74, 6) is -0.344. The Morgan fingerprint density at radius 2 is 1.75 bits per heavy atom. The van der Waals surface area contributed by atoms with Gasteiger partial charge in [-0.1, -0.05) is 36.4 Å². The summed E-state index contributed by atoms with van der Waals surface area (Å²) in [5, 5.41) is 4.26. The molecule has 0 spiro atoms. The lowest BCUT2D eigenvalue weighted by atomic mass is 9.96. The molecule has 1 N–H and O–H groups in total. The van der Waals surface area contributed by atoms with Crippen LogP contribution < -0.4 is 5.32 Å². The van der Waals surface area contributed by atoms with Gasteiger partial charge in [-0.15, -0.1) is 0 Å². The van der Waals surface area contributed by atoms with Crippen LogP contribution in [0.15, 0.2) is 85.1 Å². The molecule has 2 atom stereocenters. The van der Waals surface area contributed by atoms with Crippen LogP contribution in [-0.2, 0) is 11.3 Å². The largest absolute Gasteiger partial charge is 0.465 e. The average Bonchev–Trinajstić information content (AvgIpc) is 3.39. The third-order valence-electron chi connectivity index (χ3n) is 6.73. The molecule has 0 radical (unpaired) electrons. The van der Waals surface area contributed by atoms with Gasteiger partial charge in [-0.25, -0.2) is 4.79 Å². The van der Waals surface area contributed by atoms with Crippen LogP contribution in [0.2, 0.25) is 0 Å². The van der Waals surface area contributed by atoms with Gasteiger partial charge in [0.2, 0.25) is 0 Å². The topological polar surface area (TPSA) is 59.4 Å². The number of esters is 1. The van der Waals surface area contributed by atoms with E-state index >= 15 is 0 Å². The number of aryl methyl sites for hydroxylation is 1. The minimum Gasteiger partial charge on any atom is -0.465 e. The fourth-order valence-electron chi connectivity index (χ4n) is 5.04.